The van der Waals surface area contributed by atoms with Gasteiger partial charge in [0, 0.05) is 25.1 Å². The fraction of sp³-hybridized carbons (Fsp3) is 0.733. The van der Waals surface area contributed by atoms with E-state index in [1.54, 1.807) is 0 Å². The van der Waals surface area contributed by atoms with Gasteiger partial charge in [0.15, 0.2) is 0 Å². The molecule has 0 aliphatic heterocycles. The summed E-state index contributed by atoms with van der Waals surface area (Å²) in [7, 11) is 0. The van der Waals surface area contributed by atoms with Crippen molar-refractivity contribution in [3.05, 3.63) is 11.4 Å². The summed E-state index contributed by atoms with van der Waals surface area (Å²) in [5, 5.41) is 16.5. The van der Waals surface area contributed by atoms with Gasteiger partial charge in [0.1, 0.15) is 17.5 Å². The summed E-state index contributed by atoms with van der Waals surface area (Å²) in [4.78, 5) is 9.00. The summed E-state index contributed by atoms with van der Waals surface area (Å²) in [6.45, 7) is 11.6. The Hall–Kier alpha value is -1.36. The molecule has 1 aromatic heterocycles. The Balaban J connectivity index is 2.80. The third-order valence-electron chi connectivity index (χ3n) is 3.10. The van der Waals surface area contributed by atoms with E-state index in [0.29, 0.717) is 12.5 Å². The minimum absolute atomic E-state index is 0.350. The minimum Gasteiger partial charge on any atom is -0.391 e. The number of aryl methyl sites for hydroxylation is 1. The van der Waals surface area contributed by atoms with E-state index in [4.69, 9.17) is 0 Å². The van der Waals surface area contributed by atoms with Crippen LogP contribution in [0, 0.1) is 12.8 Å². The average Bonchev–Trinajstić information content (AvgIpc) is 2.39. The van der Waals surface area contributed by atoms with Crippen LogP contribution >= 0.6 is 0 Å². The molecule has 0 saturated carbocycles. The van der Waals surface area contributed by atoms with Gasteiger partial charge in [-0.2, -0.15) is 0 Å². The highest BCUT2D eigenvalue weighted by atomic mass is 16.3. The molecule has 0 saturated heterocycles. The van der Waals surface area contributed by atoms with Crippen molar-refractivity contribution >= 4 is 11.6 Å². The lowest BCUT2D eigenvalue weighted by molar-refractivity contribution is 0.161. The molecule has 3 N–H and O–H groups in total. The molecule has 1 aromatic rings. The molecule has 0 bridgehead atoms. The normalized spacial score (nSPS) is 12.6. The lowest BCUT2D eigenvalue weighted by Crippen LogP contribution is -2.22. The van der Waals surface area contributed by atoms with Gasteiger partial charge in [-0.05, 0) is 26.2 Å². The van der Waals surface area contributed by atoms with E-state index < -0.39 is 0 Å². The Morgan fingerprint density at radius 1 is 1.10 bits per heavy atom. The number of hydrogen-bond donors (Lipinski definition) is 3. The van der Waals surface area contributed by atoms with Crippen LogP contribution in [0.5, 0.6) is 0 Å². The van der Waals surface area contributed by atoms with Gasteiger partial charge < -0.3 is 15.7 Å². The molecule has 0 aliphatic rings. The number of anilines is 2. The predicted octanol–water partition coefficient (Wildman–Crippen LogP) is 2.60. The smallest absolute Gasteiger partial charge is 0.134 e. The van der Waals surface area contributed by atoms with E-state index in [1.165, 1.54) is 0 Å². The van der Waals surface area contributed by atoms with E-state index in [1.807, 2.05) is 20.8 Å². The Morgan fingerprint density at radius 2 is 1.70 bits per heavy atom. The molecule has 0 spiro atoms. The summed E-state index contributed by atoms with van der Waals surface area (Å²) in [5.74, 6) is 2.99. The highest BCUT2D eigenvalue weighted by molar-refractivity contribution is 5.57. The molecular formula is C15H28N4O. The molecule has 5 heteroatoms. The number of aromatic nitrogens is 2. The third-order valence-corrected chi connectivity index (χ3v) is 3.10. The maximum atomic E-state index is 9.95. The van der Waals surface area contributed by atoms with Gasteiger partial charge in [-0.15, -0.1) is 0 Å². The number of aliphatic hydroxyl groups is 1. The highest BCUT2D eigenvalue weighted by Crippen LogP contribution is 2.20. The fourth-order valence-electron chi connectivity index (χ4n) is 2.07. The first kappa shape index (κ1) is 16.7. The number of nitrogens with one attached hydrogen (secondary N) is 2. The van der Waals surface area contributed by atoms with Crippen molar-refractivity contribution in [1.29, 1.82) is 0 Å². The van der Waals surface area contributed by atoms with Gasteiger partial charge in [-0.25, -0.2) is 9.97 Å². The van der Waals surface area contributed by atoms with Crippen LogP contribution in [0.25, 0.3) is 0 Å². The molecule has 1 unspecified atom stereocenters. The van der Waals surface area contributed by atoms with E-state index >= 15 is 0 Å². The minimum atomic E-state index is -0.350. The molecule has 0 aromatic carbocycles. The van der Waals surface area contributed by atoms with Gasteiger partial charge in [-0.3, -0.25) is 0 Å². The van der Waals surface area contributed by atoms with Crippen LogP contribution in [0.4, 0.5) is 11.6 Å². The molecule has 0 radical (unpaired) electrons. The molecular weight excluding hydrogens is 252 g/mol. The first-order valence-corrected chi connectivity index (χ1v) is 7.51. The summed E-state index contributed by atoms with van der Waals surface area (Å²) >= 11 is 0. The molecule has 114 valence electrons. The van der Waals surface area contributed by atoms with Crippen molar-refractivity contribution in [2.45, 2.75) is 53.6 Å². The molecule has 0 amide bonds. The van der Waals surface area contributed by atoms with Gasteiger partial charge in [0.05, 0.1) is 6.10 Å². The van der Waals surface area contributed by atoms with Gasteiger partial charge >= 0.3 is 0 Å². The van der Waals surface area contributed by atoms with Crippen molar-refractivity contribution in [3.63, 3.8) is 0 Å². The SMILES string of the molecule is CCNc1nc(CC)nc(NCC(O)CC(C)C)c1C. The lowest BCUT2D eigenvalue weighted by Gasteiger charge is -2.17. The Morgan fingerprint density at radius 3 is 2.20 bits per heavy atom. The highest BCUT2D eigenvalue weighted by Gasteiger charge is 2.12. The summed E-state index contributed by atoms with van der Waals surface area (Å²) in [6, 6.07) is 0. The Labute approximate surface area is 122 Å². The van der Waals surface area contributed by atoms with E-state index in [9.17, 15) is 5.11 Å². The monoisotopic (exact) mass is 280 g/mol. The van der Waals surface area contributed by atoms with Gasteiger partial charge in [0.25, 0.3) is 0 Å². The van der Waals surface area contributed by atoms with Crippen LogP contribution in [-0.4, -0.2) is 34.3 Å². The van der Waals surface area contributed by atoms with Crippen LogP contribution in [-0.2, 0) is 6.42 Å². The second-order valence-electron chi connectivity index (χ2n) is 5.51. The lowest BCUT2D eigenvalue weighted by atomic mass is 10.1. The van der Waals surface area contributed by atoms with Crippen molar-refractivity contribution in [2.75, 3.05) is 23.7 Å². The molecule has 1 rings (SSSR count). The van der Waals surface area contributed by atoms with Crippen LogP contribution < -0.4 is 10.6 Å². The van der Waals surface area contributed by atoms with Crippen LogP contribution in [0.3, 0.4) is 0 Å². The van der Waals surface area contributed by atoms with Crippen molar-refractivity contribution in [1.82, 2.24) is 9.97 Å². The molecule has 0 aliphatic carbocycles. The van der Waals surface area contributed by atoms with Crippen molar-refractivity contribution in [2.24, 2.45) is 5.92 Å². The zero-order valence-corrected chi connectivity index (χ0v) is 13.3. The van der Waals surface area contributed by atoms with Crippen LogP contribution in [0.1, 0.15) is 45.5 Å². The quantitative estimate of drug-likeness (QED) is 0.683. The van der Waals surface area contributed by atoms with E-state index in [2.05, 4.69) is 34.4 Å². The van der Waals surface area contributed by atoms with Crippen LogP contribution in [0.2, 0.25) is 0 Å². The predicted molar refractivity (Wildman–Crippen MR) is 84.3 cm³/mol. The number of aliphatic hydroxyl groups excluding tert-OH is 1. The van der Waals surface area contributed by atoms with Crippen LogP contribution in [0.15, 0.2) is 0 Å². The molecule has 1 heterocycles. The summed E-state index contributed by atoms with van der Waals surface area (Å²) in [5.41, 5.74) is 1.00. The molecule has 20 heavy (non-hydrogen) atoms. The fourth-order valence-corrected chi connectivity index (χ4v) is 2.07. The van der Waals surface area contributed by atoms with Crippen molar-refractivity contribution in [3.8, 4) is 0 Å². The first-order chi connectivity index (χ1) is 9.47. The second-order valence-corrected chi connectivity index (χ2v) is 5.51. The molecule has 1 atom stereocenters. The molecule has 5 nitrogen and oxygen atoms in total. The summed E-state index contributed by atoms with van der Waals surface area (Å²) < 4.78 is 0. The Bertz CT molecular complexity index is 421. The maximum Gasteiger partial charge on any atom is 0.134 e. The number of nitrogens with zero attached hydrogens (tertiary/aromatic N) is 2. The second kappa shape index (κ2) is 8.04. The third kappa shape index (κ3) is 4.96. The van der Waals surface area contributed by atoms with Gasteiger partial charge in [0.2, 0.25) is 0 Å². The van der Waals surface area contributed by atoms with Gasteiger partial charge in [-0.1, -0.05) is 20.8 Å². The maximum absolute atomic E-state index is 9.95. The largest absolute Gasteiger partial charge is 0.391 e. The van der Waals surface area contributed by atoms with E-state index in [-0.39, 0.29) is 6.10 Å². The topological polar surface area (TPSA) is 70.1 Å². The standard InChI is InChI=1S/C15H28N4O/c1-6-13-18-14(16-7-2)11(5)15(19-13)17-9-12(20)8-10(3)4/h10,12,20H,6-9H2,1-5H3,(H2,16,17,18,19). The zero-order valence-electron chi connectivity index (χ0n) is 13.3. The van der Waals surface area contributed by atoms with Crippen molar-refractivity contribution < 1.29 is 5.11 Å². The first-order valence-electron chi connectivity index (χ1n) is 7.51. The summed E-state index contributed by atoms with van der Waals surface area (Å²) in [6.07, 6.45) is 1.23. The zero-order chi connectivity index (χ0) is 15.1. The number of rotatable bonds is 8. The molecule has 0 fully saturated rings. The number of hydrogen-bond acceptors (Lipinski definition) is 5. The average molecular weight is 280 g/mol. The Kier molecular flexibility index (Phi) is 6.71. The van der Waals surface area contributed by atoms with E-state index in [0.717, 1.165) is 42.4 Å².